The van der Waals surface area contributed by atoms with E-state index in [4.69, 9.17) is 0 Å². The first-order valence-electron chi connectivity index (χ1n) is 5.56. The summed E-state index contributed by atoms with van der Waals surface area (Å²) in [7, 11) is 0. The minimum Gasteiger partial charge on any atom is -0.296 e. The number of aromatic nitrogens is 2. The highest BCUT2D eigenvalue weighted by atomic mass is 19.4. The van der Waals surface area contributed by atoms with Crippen molar-refractivity contribution in [1.82, 2.24) is 9.78 Å². The van der Waals surface area contributed by atoms with Crippen molar-refractivity contribution in [3.63, 3.8) is 0 Å². The first kappa shape index (κ1) is 13.3. The Morgan fingerprint density at radius 1 is 1.32 bits per heavy atom. The van der Waals surface area contributed by atoms with Gasteiger partial charge < -0.3 is 0 Å². The van der Waals surface area contributed by atoms with Gasteiger partial charge in [0.2, 0.25) is 0 Å². The first-order valence-corrected chi connectivity index (χ1v) is 5.56. The number of hydrogen-bond donors (Lipinski definition) is 0. The SMILES string of the molecule is Cc1c(Cn2nccc2C=O)cccc1C(F)(F)F. The van der Waals surface area contributed by atoms with Gasteiger partial charge in [-0.25, -0.2) is 0 Å². The highest BCUT2D eigenvalue weighted by Gasteiger charge is 2.32. The number of halogens is 3. The number of aldehydes is 1. The Morgan fingerprint density at radius 3 is 2.68 bits per heavy atom. The molecule has 6 heteroatoms. The van der Waals surface area contributed by atoms with Gasteiger partial charge in [0, 0.05) is 6.20 Å². The van der Waals surface area contributed by atoms with E-state index in [0.717, 1.165) is 6.07 Å². The van der Waals surface area contributed by atoms with Crippen molar-refractivity contribution in [3.05, 3.63) is 52.8 Å². The van der Waals surface area contributed by atoms with Gasteiger partial charge in [0.25, 0.3) is 0 Å². The molecule has 1 aromatic heterocycles. The summed E-state index contributed by atoms with van der Waals surface area (Å²) in [5.41, 5.74) is 0.311. The molecule has 0 N–H and O–H groups in total. The van der Waals surface area contributed by atoms with E-state index in [1.54, 1.807) is 6.07 Å². The molecule has 0 aliphatic heterocycles. The molecule has 2 rings (SSSR count). The van der Waals surface area contributed by atoms with Crippen LogP contribution in [0.25, 0.3) is 0 Å². The van der Waals surface area contributed by atoms with Gasteiger partial charge in [-0.15, -0.1) is 0 Å². The Labute approximate surface area is 107 Å². The van der Waals surface area contributed by atoms with E-state index < -0.39 is 11.7 Å². The van der Waals surface area contributed by atoms with Gasteiger partial charge in [0.1, 0.15) is 5.69 Å². The zero-order valence-electron chi connectivity index (χ0n) is 10.1. The Morgan fingerprint density at radius 2 is 2.05 bits per heavy atom. The van der Waals surface area contributed by atoms with Crippen LogP contribution in [0.5, 0.6) is 0 Å². The fraction of sp³-hybridized carbons (Fsp3) is 0.231. The summed E-state index contributed by atoms with van der Waals surface area (Å²) in [6.45, 7) is 1.55. The molecule has 0 radical (unpaired) electrons. The summed E-state index contributed by atoms with van der Waals surface area (Å²) in [6, 6.07) is 5.51. The van der Waals surface area contributed by atoms with Crippen molar-refractivity contribution in [1.29, 1.82) is 0 Å². The van der Waals surface area contributed by atoms with Crippen LogP contribution in [-0.2, 0) is 12.7 Å². The summed E-state index contributed by atoms with van der Waals surface area (Å²) in [5.74, 6) is 0. The zero-order chi connectivity index (χ0) is 14.0. The zero-order valence-corrected chi connectivity index (χ0v) is 10.1. The summed E-state index contributed by atoms with van der Waals surface area (Å²) in [4.78, 5) is 10.7. The van der Waals surface area contributed by atoms with Gasteiger partial charge in [0.15, 0.2) is 6.29 Å². The molecule has 0 atom stereocenters. The monoisotopic (exact) mass is 268 g/mol. The van der Waals surface area contributed by atoms with Crippen LogP contribution in [0.1, 0.15) is 27.2 Å². The first-order chi connectivity index (χ1) is 8.93. The molecule has 0 unspecified atom stereocenters. The maximum Gasteiger partial charge on any atom is 0.416 e. The summed E-state index contributed by atoms with van der Waals surface area (Å²) in [5, 5.41) is 3.92. The third-order valence-corrected chi connectivity index (χ3v) is 2.94. The second-order valence-electron chi connectivity index (χ2n) is 4.12. The van der Waals surface area contributed by atoms with E-state index >= 15 is 0 Å². The highest BCUT2D eigenvalue weighted by Crippen LogP contribution is 2.33. The Bertz CT molecular complexity index is 602. The summed E-state index contributed by atoms with van der Waals surface area (Å²) in [6.07, 6.45) is -2.32. The molecule has 0 fully saturated rings. The topological polar surface area (TPSA) is 34.9 Å². The van der Waals surface area contributed by atoms with E-state index in [1.165, 1.54) is 29.9 Å². The van der Waals surface area contributed by atoms with Crippen LogP contribution in [0.15, 0.2) is 30.5 Å². The lowest BCUT2D eigenvalue weighted by Crippen LogP contribution is -2.12. The molecule has 0 saturated heterocycles. The lowest BCUT2D eigenvalue weighted by atomic mass is 10.0. The number of carbonyl (C=O) groups excluding carboxylic acids is 1. The maximum atomic E-state index is 12.8. The smallest absolute Gasteiger partial charge is 0.296 e. The van der Waals surface area contributed by atoms with Gasteiger partial charge in [0.05, 0.1) is 12.1 Å². The average molecular weight is 268 g/mol. The van der Waals surface area contributed by atoms with Crippen LogP contribution >= 0.6 is 0 Å². The summed E-state index contributed by atoms with van der Waals surface area (Å²) < 4.78 is 39.7. The van der Waals surface area contributed by atoms with Crippen molar-refractivity contribution in [3.8, 4) is 0 Å². The van der Waals surface area contributed by atoms with E-state index in [-0.39, 0.29) is 12.1 Å². The maximum absolute atomic E-state index is 12.8. The molecule has 0 saturated carbocycles. The standard InChI is InChI=1S/C13H11F3N2O/c1-9-10(3-2-4-12(9)13(14,15)16)7-18-11(8-19)5-6-17-18/h2-6,8H,7H2,1H3. The average Bonchev–Trinajstić information content (AvgIpc) is 2.77. The number of benzene rings is 1. The Hall–Kier alpha value is -2.11. The van der Waals surface area contributed by atoms with Crippen LogP contribution in [-0.4, -0.2) is 16.1 Å². The molecule has 0 bridgehead atoms. The molecular formula is C13H11F3N2O. The molecule has 3 nitrogen and oxygen atoms in total. The fourth-order valence-corrected chi connectivity index (χ4v) is 1.90. The third-order valence-electron chi connectivity index (χ3n) is 2.94. The molecule has 1 aromatic carbocycles. The minimum atomic E-state index is -4.38. The van der Waals surface area contributed by atoms with Gasteiger partial charge in [-0.05, 0) is 30.2 Å². The molecule has 0 spiro atoms. The van der Waals surface area contributed by atoms with E-state index in [9.17, 15) is 18.0 Å². The van der Waals surface area contributed by atoms with Gasteiger partial charge >= 0.3 is 6.18 Å². The van der Waals surface area contributed by atoms with Crippen LogP contribution in [0.2, 0.25) is 0 Å². The van der Waals surface area contributed by atoms with Crippen LogP contribution < -0.4 is 0 Å². The predicted octanol–water partition coefficient (Wildman–Crippen LogP) is 3.07. The number of carbonyl (C=O) groups is 1. The number of alkyl halides is 3. The van der Waals surface area contributed by atoms with Crippen molar-refractivity contribution in [2.45, 2.75) is 19.6 Å². The molecule has 100 valence electrons. The van der Waals surface area contributed by atoms with Crippen LogP contribution in [0.4, 0.5) is 13.2 Å². The lowest BCUT2D eigenvalue weighted by molar-refractivity contribution is -0.138. The van der Waals surface area contributed by atoms with E-state index in [0.29, 0.717) is 17.5 Å². The molecular weight excluding hydrogens is 257 g/mol. The molecule has 0 aliphatic rings. The van der Waals surface area contributed by atoms with Crippen LogP contribution in [0.3, 0.4) is 0 Å². The predicted molar refractivity (Wildman–Crippen MR) is 62.9 cm³/mol. The van der Waals surface area contributed by atoms with Crippen molar-refractivity contribution in [2.75, 3.05) is 0 Å². The van der Waals surface area contributed by atoms with Crippen LogP contribution in [0, 0.1) is 6.92 Å². The van der Waals surface area contributed by atoms with Crippen molar-refractivity contribution < 1.29 is 18.0 Å². The number of nitrogens with zero attached hydrogens (tertiary/aromatic N) is 2. The Kier molecular flexibility index (Phi) is 3.42. The molecule has 0 amide bonds. The molecule has 2 aromatic rings. The number of rotatable bonds is 3. The molecule has 19 heavy (non-hydrogen) atoms. The van der Waals surface area contributed by atoms with Gasteiger partial charge in [-0.1, -0.05) is 12.1 Å². The third kappa shape index (κ3) is 2.67. The highest BCUT2D eigenvalue weighted by molar-refractivity contribution is 5.71. The fourth-order valence-electron chi connectivity index (χ4n) is 1.90. The second-order valence-corrected chi connectivity index (χ2v) is 4.12. The normalized spacial score (nSPS) is 11.6. The molecule has 1 heterocycles. The van der Waals surface area contributed by atoms with Gasteiger partial charge in [-0.2, -0.15) is 18.3 Å². The molecule has 0 aliphatic carbocycles. The minimum absolute atomic E-state index is 0.136. The van der Waals surface area contributed by atoms with Crippen molar-refractivity contribution >= 4 is 6.29 Å². The van der Waals surface area contributed by atoms with Gasteiger partial charge in [-0.3, -0.25) is 9.48 Å². The lowest BCUT2D eigenvalue weighted by Gasteiger charge is -2.14. The summed E-state index contributed by atoms with van der Waals surface area (Å²) >= 11 is 0. The Balaban J connectivity index is 2.39. The quantitative estimate of drug-likeness (QED) is 0.802. The number of hydrogen-bond acceptors (Lipinski definition) is 2. The van der Waals surface area contributed by atoms with E-state index in [1.807, 2.05) is 0 Å². The van der Waals surface area contributed by atoms with E-state index in [2.05, 4.69) is 5.10 Å². The largest absolute Gasteiger partial charge is 0.416 e. The second kappa shape index (κ2) is 4.87. The van der Waals surface area contributed by atoms with Crippen molar-refractivity contribution in [2.24, 2.45) is 0 Å².